The molecule has 1 fully saturated rings. The molecule has 1 aliphatic rings. The number of nitrogens with zero attached hydrogens (tertiary/aromatic N) is 3. The molecule has 6 nitrogen and oxygen atoms in total. The Morgan fingerprint density at radius 3 is 2.71 bits per heavy atom. The largest absolute Gasteiger partial charge is 0.444 e. The van der Waals surface area contributed by atoms with Gasteiger partial charge in [-0.1, -0.05) is 0 Å². The topological polar surface area (TPSA) is 64.5 Å². The molecule has 1 aromatic heterocycles. The summed E-state index contributed by atoms with van der Waals surface area (Å²) < 4.78 is 11.1. The molecule has 0 unspecified atom stereocenters. The van der Waals surface area contributed by atoms with Crippen molar-refractivity contribution in [3.05, 3.63) is 23.2 Å². The number of piperidine rings is 1. The Morgan fingerprint density at radius 2 is 2.08 bits per heavy atom. The van der Waals surface area contributed by atoms with Crippen LogP contribution in [0.15, 0.2) is 12.3 Å². The lowest BCUT2D eigenvalue weighted by molar-refractivity contribution is 0.0164. The van der Waals surface area contributed by atoms with Gasteiger partial charge in [0.15, 0.2) is 0 Å². The van der Waals surface area contributed by atoms with Gasteiger partial charge in [-0.05, 0) is 63.6 Å². The standard InChI is InChI=1S/C17H26ClN3O3/c1-17(2,3)24-16(22)21-9-5-13(6-10-21)7-11-23-12-14-4-8-19-15(18)20-14/h4,8,13H,5-7,9-12H2,1-3H3. The van der Waals surface area contributed by atoms with E-state index in [-0.39, 0.29) is 11.4 Å². The van der Waals surface area contributed by atoms with Crippen LogP contribution in [0.5, 0.6) is 0 Å². The number of hydrogen-bond acceptors (Lipinski definition) is 5. The summed E-state index contributed by atoms with van der Waals surface area (Å²) in [6.45, 7) is 8.29. The minimum atomic E-state index is -0.439. The van der Waals surface area contributed by atoms with E-state index < -0.39 is 5.60 Å². The maximum Gasteiger partial charge on any atom is 0.410 e. The normalized spacial score (nSPS) is 16.2. The van der Waals surface area contributed by atoms with Gasteiger partial charge in [-0.15, -0.1) is 0 Å². The molecule has 1 aromatic rings. The van der Waals surface area contributed by atoms with E-state index in [1.165, 1.54) is 0 Å². The Kier molecular flexibility index (Phi) is 6.80. The fraction of sp³-hybridized carbons (Fsp3) is 0.706. The van der Waals surface area contributed by atoms with Gasteiger partial charge in [-0.25, -0.2) is 14.8 Å². The minimum Gasteiger partial charge on any atom is -0.444 e. The zero-order valence-electron chi connectivity index (χ0n) is 14.6. The molecule has 134 valence electrons. The lowest BCUT2D eigenvalue weighted by Gasteiger charge is -2.33. The molecular formula is C17H26ClN3O3. The van der Waals surface area contributed by atoms with Gasteiger partial charge >= 0.3 is 6.09 Å². The predicted octanol–water partition coefficient (Wildman–Crippen LogP) is 3.68. The van der Waals surface area contributed by atoms with Crippen molar-refractivity contribution in [1.82, 2.24) is 14.9 Å². The Hall–Kier alpha value is -1.40. The third-order valence-corrected chi connectivity index (χ3v) is 4.05. The number of halogens is 1. The number of hydrogen-bond donors (Lipinski definition) is 0. The molecule has 1 amide bonds. The fourth-order valence-electron chi connectivity index (χ4n) is 2.61. The number of aromatic nitrogens is 2. The highest BCUT2D eigenvalue weighted by molar-refractivity contribution is 6.28. The summed E-state index contributed by atoms with van der Waals surface area (Å²) in [5, 5.41) is 0.241. The number of carbonyl (C=O) groups is 1. The van der Waals surface area contributed by atoms with Gasteiger partial charge in [0.2, 0.25) is 5.28 Å². The summed E-state index contributed by atoms with van der Waals surface area (Å²) in [7, 11) is 0. The summed E-state index contributed by atoms with van der Waals surface area (Å²) in [4.78, 5) is 21.7. The summed E-state index contributed by atoms with van der Waals surface area (Å²) >= 11 is 5.74. The average Bonchev–Trinajstić information content (AvgIpc) is 2.50. The molecule has 1 saturated heterocycles. The SMILES string of the molecule is CC(C)(C)OC(=O)N1CCC(CCOCc2ccnc(Cl)n2)CC1. The maximum absolute atomic E-state index is 12.0. The van der Waals surface area contributed by atoms with Gasteiger partial charge in [-0.3, -0.25) is 0 Å². The van der Waals surface area contributed by atoms with Crippen LogP contribution >= 0.6 is 11.6 Å². The van der Waals surface area contributed by atoms with E-state index in [0.29, 0.717) is 19.1 Å². The van der Waals surface area contributed by atoms with E-state index in [1.807, 2.05) is 20.8 Å². The lowest BCUT2D eigenvalue weighted by atomic mass is 9.94. The second kappa shape index (κ2) is 8.62. The zero-order valence-corrected chi connectivity index (χ0v) is 15.4. The molecule has 0 radical (unpaired) electrons. The first kappa shape index (κ1) is 18.9. The van der Waals surface area contributed by atoms with Crippen LogP contribution in [0.1, 0.15) is 45.7 Å². The van der Waals surface area contributed by atoms with Crippen LogP contribution in [0.25, 0.3) is 0 Å². The highest BCUT2D eigenvalue weighted by atomic mass is 35.5. The van der Waals surface area contributed by atoms with E-state index >= 15 is 0 Å². The Labute approximate surface area is 148 Å². The smallest absolute Gasteiger partial charge is 0.410 e. The maximum atomic E-state index is 12.0. The second-order valence-electron chi connectivity index (χ2n) is 7.07. The molecule has 7 heteroatoms. The number of carbonyl (C=O) groups excluding carboxylic acids is 1. The molecule has 0 atom stereocenters. The van der Waals surface area contributed by atoms with Crippen molar-refractivity contribution in [2.24, 2.45) is 5.92 Å². The Bertz CT molecular complexity index is 540. The molecule has 24 heavy (non-hydrogen) atoms. The molecule has 0 aromatic carbocycles. The van der Waals surface area contributed by atoms with E-state index in [2.05, 4.69) is 9.97 Å². The van der Waals surface area contributed by atoms with Gasteiger partial charge in [-0.2, -0.15) is 0 Å². The van der Waals surface area contributed by atoms with E-state index in [1.54, 1.807) is 17.2 Å². The zero-order chi connectivity index (χ0) is 17.6. The van der Waals surface area contributed by atoms with Crippen LogP contribution in [0.2, 0.25) is 5.28 Å². The summed E-state index contributed by atoms with van der Waals surface area (Å²) in [5.41, 5.74) is 0.348. The molecule has 0 saturated carbocycles. The van der Waals surface area contributed by atoms with Crippen LogP contribution in [0.4, 0.5) is 4.79 Å². The highest BCUT2D eigenvalue weighted by Gasteiger charge is 2.26. The molecule has 1 aliphatic heterocycles. The van der Waals surface area contributed by atoms with Crippen LogP contribution in [0.3, 0.4) is 0 Å². The molecule has 0 N–H and O–H groups in total. The highest BCUT2D eigenvalue weighted by Crippen LogP contribution is 2.22. The molecule has 2 heterocycles. The summed E-state index contributed by atoms with van der Waals surface area (Å²) in [5.74, 6) is 0.581. The molecular weight excluding hydrogens is 330 g/mol. The van der Waals surface area contributed by atoms with Crippen LogP contribution < -0.4 is 0 Å². The van der Waals surface area contributed by atoms with Gasteiger partial charge in [0.25, 0.3) is 0 Å². The van der Waals surface area contributed by atoms with Crippen LogP contribution in [0, 0.1) is 5.92 Å². The Morgan fingerprint density at radius 1 is 1.38 bits per heavy atom. The molecule has 2 rings (SSSR count). The predicted molar refractivity (Wildman–Crippen MR) is 91.8 cm³/mol. The van der Waals surface area contributed by atoms with E-state index in [9.17, 15) is 4.79 Å². The third kappa shape index (κ3) is 6.61. The third-order valence-electron chi connectivity index (χ3n) is 3.87. The van der Waals surface area contributed by atoms with Gasteiger partial charge < -0.3 is 14.4 Å². The first-order valence-corrected chi connectivity index (χ1v) is 8.74. The number of ether oxygens (including phenoxy) is 2. The fourth-order valence-corrected chi connectivity index (χ4v) is 2.77. The number of likely N-dealkylation sites (tertiary alicyclic amines) is 1. The molecule has 0 spiro atoms. The van der Waals surface area contributed by atoms with Gasteiger partial charge in [0.05, 0.1) is 12.3 Å². The first-order valence-electron chi connectivity index (χ1n) is 8.36. The molecule has 0 aliphatic carbocycles. The minimum absolute atomic E-state index is 0.210. The van der Waals surface area contributed by atoms with Crippen molar-refractivity contribution in [1.29, 1.82) is 0 Å². The summed E-state index contributed by atoms with van der Waals surface area (Å²) in [6.07, 6.45) is 4.38. The Balaban J connectivity index is 1.62. The second-order valence-corrected chi connectivity index (χ2v) is 7.41. The van der Waals surface area contributed by atoms with Crippen molar-refractivity contribution in [3.8, 4) is 0 Å². The lowest BCUT2D eigenvalue weighted by Crippen LogP contribution is -2.41. The van der Waals surface area contributed by atoms with Crippen molar-refractivity contribution >= 4 is 17.7 Å². The van der Waals surface area contributed by atoms with Crippen LogP contribution in [-0.2, 0) is 16.1 Å². The van der Waals surface area contributed by atoms with Crippen molar-refractivity contribution < 1.29 is 14.3 Å². The summed E-state index contributed by atoms with van der Waals surface area (Å²) in [6, 6.07) is 1.80. The van der Waals surface area contributed by atoms with Crippen molar-refractivity contribution in [2.45, 2.75) is 52.2 Å². The van der Waals surface area contributed by atoms with Gasteiger partial charge in [0, 0.05) is 25.9 Å². The number of rotatable bonds is 5. The van der Waals surface area contributed by atoms with E-state index in [0.717, 1.165) is 38.0 Å². The first-order chi connectivity index (χ1) is 11.3. The van der Waals surface area contributed by atoms with Crippen LogP contribution in [-0.4, -0.2) is 46.3 Å². The van der Waals surface area contributed by atoms with Crippen molar-refractivity contribution in [2.75, 3.05) is 19.7 Å². The average molecular weight is 356 g/mol. The monoisotopic (exact) mass is 355 g/mol. The van der Waals surface area contributed by atoms with Crippen molar-refractivity contribution in [3.63, 3.8) is 0 Å². The van der Waals surface area contributed by atoms with Gasteiger partial charge in [0.1, 0.15) is 5.60 Å². The van der Waals surface area contributed by atoms with E-state index in [4.69, 9.17) is 21.1 Å². The quantitative estimate of drug-likeness (QED) is 0.595. The number of amides is 1. The molecule has 0 bridgehead atoms.